The summed E-state index contributed by atoms with van der Waals surface area (Å²) in [4.78, 5) is 13.7. The molecular weight excluding hydrogens is 264 g/mol. The minimum Gasteiger partial charge on any atom is -0.478 e. The second-order valence-corrected chi connectivity index (χ2v) is 5.80. The smallest absolute Gasteiger partial charge is 0.335 e. The van der Waals surface area contributed by atoms with Crippen molar-refractivity contribution < 1.29 is 9.90 Å². The van der Waals surface area contributed by atoms with E-state index < -0.39 is 5.97 Å². The summed E-state index contributed by atoms with van der Waals surface area (Å²) < 4.78 is 2.25. The molecule has 0 aliphatic carbocycles. The van der Waals surface area contributed by atoms with E-state index in [1.807, 2.05) is 6.07 Å². The maximum atomic E-state index is 11.2. The number of aryl methyl sites for hydroxylation is 1. The molecule has 4 heteroatoms. The number of carboxylic acids is 1. The number of aromatic nitrogens is 1. The van der Waals surface area contributed by atoms with Crippen LogP contribution in [-0.2, 0) is 13.1 Å². The molecule has 1 aliphatic rings. The number of hydrogen-bond acceptors (Lipinski definition) is 2. The molecule has 0 saturated carbocycles. The molecule has 1 aliphatic heterocycles. The van der Waals surface area contributed by atoms with Crippen molar-refractivity contribution in [3.63, 3.8) is 0 Å². The fourth-order valence-electron chi connectivity index (χ4n) is 3.30. The van der Waals surface area contributed by atoms with Crippen LogP contribution < -0.4 is 0 Å². The highest BCUT2D eigenvalue weighted by atomic mass is 16.4. The zero-order chi connectivity index (χ0) is 14.8. The summed E-state index contributed by atoms with van der Waals surface area (Å²) in [6.45, 7) is 6.30. The first-order chi connectivity index (χ1) is 10.2. The second kappa shape index (κ2) is 5.90. The Balaban J connectivity index is 1.96. The lowest BCUT2D eigenvalue weighted by atomic mass is 10.1. The van der Waals surface area contributed by atoms with Crippen LogP contribution in [-0.4, -0.2) is 33.6 Å². The van der Waals surface area contributed by atoms with Crippen LogP contribution in [0.4, 0.5) is 0 Å². The fraction of sp³-hybridized carbons (Fsp3) is 0.471. The van der Waals surface area contributed by atoms with E-state index in [4.69, 9.17) is 5.11 Å². The van der Waals surface area contributed by atoms with E-state index in [0.29, 0.717) is 5.56 Å². The van der Waals surface area contributed by atoms with Crippen molar-refractivity contribution in [2.24, 2.45) is 0 Å². The monoisotopic (exact) mass is 286 g/mol. The van der Waals surface area contributed by atoms with Gasteiger partial charge in [0.1, 0.15) is 0 Å². The zero-order valence-corrected chi connectivity index (χ0v) is 12.5. The molecule has 1 fully saturated rings. The first kappa shape index (κ1) is 14.1. The van der Waals surface area contributed by atoms with Gasteiger partial charge in [0.05, 0.1) is 5.56 Å². The average Bonchev–Trinajstić information content (AvgIpc) is 2.84. The Morgan fingerprint density at radius 1 is 1.19 bits per heavy atom. The number of nitrogens with zero attached hydrogens (tertiary/aromatic N) is 2. The number of benzene rings is 1. The Morgan fingerprint density at radius 3 is 2.62 bits per heavy atom. The van der Waals surface area contributed by atoms with Crippen LogP contribution in [0.25, 0.3) is 10.9 Å². The Labute approximate surface area is 125 Å². The maximum Gasteiger partial charge on any atom is 0.335 e. The van der Waals surface area contributed by atoms with Crippen LogP contribution in [0.1, 0.15) is 42.2 Å². The molecule has 2 aromatic rings. The number of carboxylic acid groups (broad SMARTS) is 1. The first-order valence-corrected chi connectivity index (χ1v) is 7.77. The maximum absolute atomic E-state index is 11.2. The molecule has 21 heavy (non-hydrogen) atoms. The molecule has 0 radical (unpaired) electrons. The Kier molecular flexibility index (Phi) is 3.97. The minimum atomic E-state index is -0.863. The molecule has 1 aromatic carbocycles. The Hall–Kier alpha value is -1.81. The van der Waals surface area contributed by atoms with Gasteiger partial charge in [0, 0.05) is 24.3 Å². The molecule has 1 saturated heterocycles. The average molecular weight is 286 g/mol. The molecule has 1 aromatic heterocycles. The van der Waals surface area contributed by atoms with Crippen molar-refractivity contribution in [1.82, 2.24) is 9.47 Å². The van der Waals surface area contributed by atoms with Crippen molar-refractivity contribution >= 4 is 16.9 Å². The summed E-state index contributed by atoms with van der Waals surface area (Å²) in [5.74, 6) is -0.863. The van der Waals surface area contributed by atoms with Gasteiger partial charge in [0.2, 0.25) is 0 Å². The van der Waals surface area contributed by atoms with Gasteiger partial charge < -0.3 is 9.67 Å². The van der Waals surface area contributed by atoms with Gasteiger partial charge in [-0.05, 0) is 56.4 Å². The predicted molar refractivity (Wildman–Crippen MR) is 83.7 cm³/mol. The largest absolute Gasteiger partial charge is 0.478 e. The van der Waals surface area contributed by atoms with Gasteiger partial charge in [-0.2, -0.15) is 0 Å². The van der Waals surface area contributed by atoms with E-state index in [2.05, 4.69) is 22.5 Å². The third-order valence-electron chi connectivity index (χ3n) is 4.39. The highest BCUT2D eigenvalue weighted by Crippen LogP contribution is 2.23. The SMILES string of the molecule is CCn1c(CN2CCCCC2)cc2ccc(C(=O)O)cc21. The molecule has 3 rings (SSSR count). The summed E-state index contributed by atoms with van der Waals surface area (Å²) in [6.07, 6.45) is 3.92. The second-order valence-electron chi connectivity index (χ2n) is 5.80. The van der Waals surface area contributed by atoms with E-state index in [9.17, 15) is 4.79 Å². The zero-order valence-electron chi connectivity index (χ0n) is 12.5. The molecule has 0 spiro atoms. The van der Waals surface area contributed by atoms with Gasteiger partial charge in [0.15, 0.2) is 0 Å². The number of piperidine rings is 1. The minimum absolute atomic E-state index is 0.361. The van der Waals surface area contributed by atoms with E-state index in [0.717, 1.165) is 24.0 Å². The third-order valence-corrected chi connectivity index (χ3v) is 4.39. The highest BCUT2D eigenvalue weighted by molar-refractivity contribution is 5.93. The van der Waals surface area contributed by atoms with Gasteiger partial charge in [-0.25, -0.2) is 4.79 Å². The Bertz CT molecular complexity index is 654. The lowest BCUT2D eigenvalue weighted by molar-refractivity contribution is 0.0697. The molecule has 0 atom stereocenters. The van der Waals surface area contributed by atoms with Crippen molar-refractivity contribution in [1.29, 1.82) is 0 Å². The predicted octanol–water partition coefficient (Wildman–Crippen LogP) is 3.35. The van der Waals surface area contributed by atoms with E-state index in [1.165, 1.54) is 38.0 Å². The van der Waals surface area contributed by atoms with Gasteiger partial charge in [0.25, 0.3) is 0 Å². The molecule has 4 nitrogen and oxygen atoms in total. The van der Waals surface area contributed by atoms with E-state index in [-0.39, 0.29) is 0 Å². The van der Waals surface area contributed by atoms with Crippen molar-refractivity contribution in [3.05, 3.63) is 35.5 Å². The van der Waals surface area contributed by atoms with Crippen molar-refractivity contribution in [3.8, 4) is 0 Å². The normalized spacial score (nSPS) is 16.4. The molecule has 112 valence electrons. The van der Waals surface area contributed by atoms with Crippen LogP contribution in [0.2, 0.25) is 0 Å². The van der Waals surface area contributed by atoms with Crippen LogP contribution in [0.15, 0.2) is 24.3 Å². The summed E-state index contributed by atoms with van der Waals surface area (Å²) in [5, 5.41) is 10.3. The molecule has 1 N–H and O–H groups in total. The quantitative estimate of drug-likeness (QED) is 0.937. The number of aromatic carboxylic acids is 1. The van der Waals surface area contributed by atoms with Gasteiger partial charge in [-0.3, -0.25) is 4.90 Å². The highest BCUT2D eigenvalue weighted by Gasteiger charge is 2.15. The van der Waals surface area contributed by atoms with Crippen LogP contribution in [0.5, 0.6) is 0 Å². The van der Waals surface area contributed by atoms with Crippen LogP contribution >= 0.6 is 0 Å². The lowest BCUT2D eigenvalue weighted by Gasteiger charge is -2.26. The van der Waals surface area contributed by atoms with Crippen LogP contribution in [0, 0.1) is 0 Å². The lowest BCUT2D eigenvalue weighted by Crippen LogP contribution is -2.29. The summed E-state index contributed by atoms with van der Waals surface area (Å²) in [7, 11) is 0. The number of likely N-dealkylation sites (tertiary alicyclic amines) is 1. The van der Waals surface area contributed by atoms with Crippen molar-refractivity contribution in [2.75, 3.05) is 13.1 Å². The standard InChI is InChI=1S/C17H22N2O2/c1-2-19-15(12-18-8-4-3-5-9-18)10-13-6-7-14(17(20)21)11-16(13)19/h6-7,10-11H,2-5,8-9,12H2,1H3,(H,20,21). The molecule has 0 bridgehead atoms. The van der Waals surface area contributed by atoms with Gasteiger partial charge in [-0.1, -0.05) is 12.5 Å². The van der Waals surface area contributed by atoms with Crippen molar-refractivity contribution in [2.45, 2.75) is 39.3 Å². The third kappa shape index (κ3) is 2.81. The van der Waals surface area contributed by atoms with E-state index >= 15 is 0 Å². The summed E-state index contributed by atoms with van der Waals surface area (Å²) in [6, 6.07) is 7.61. The molecule has 0 amide bonds. The summed E-state index contributed by atoms with van der Waals surface area (Å²) >= 11 is 0. The number of hydrogen-bond donors (Lipinski definition) is 1. The van der Waals surface area contributed by atoms with E-state index in [1.54, 1.807) is 12.1 Å². The Morgan fingerprint density at radius 2 is 1.95 bits per heavy atom. The number of rotatable bonds is 4. The van der Waals surface area contributed by atoms with Gasteiger partial charge in [-0.15, -0.1) is 0 Å². The first-order valence-electron chi connectivity index (χ1n) is 7.77. The van der Waals surface area contributed by atoms with Crippen LogP contribution in [0.3, 0.4) is 0 Å². The van der Waals surface area contributed by atoms with Gasteiger partial charge >= 0.3 is 5.97 Å². The fourth-order valence-corrected chi connectivity index (χ4v) is 3.30. The number of carbonyl (C=O) groups is 1. The molecular formula is C17H22N2O2. The topological polar surface area (TPSA) is 45.5 Å². The molecule has 2 heterocycles. The molecule has 0 unspecified atom stereocenters. The summed E-state index contributed by atoms with van der Waals surface area (Å²) in [5.41, 5.74) is 2.68. The number of fused-ring (bicyclic) bond motifs is 1.